The van der Waals surface area contributed by atoms with Crippen molar-refractivity contribution in [2.45, 2.75) is 31.3 Å². The molecule has 1 heterocycles. The van der Waals surface area contributed by atoms with Crippen molar-refractivity contribution in [3.8, 4) is 0 Å². The summed E-state index contributed by atoms with van der Waals surface area (Å²) in [7, 11) is -2.64. The standard InChI is InChI=1S/C7H13NO2S/c9-11(10)4-3-7(5-11)8-6-1-2-6/h6-8H,1-5H2/p+1/t7-/m1/s1. The fraction of sp³-hybridized carbons (Fsp3) is 1.00. The molecule has 1 saturated heterocycles. The quantitative estimate of drug-likeness (QED) is 0.580. The largest absolute Gasteiger partial charge is 0.341 e. The number of quaternary nitrogens is 1. The summed E-state index contributed by atoms with van der Waals surface area (Å²) in [6.07, 6.45) is 3.45. The van der Waals surface area contributed by atoms with Crippen LogP contribution in [0.2, 0.25) is 0 Å². The van der Waals surface area contributed by atoms with Gasteiger partial charge < -0.3 is 5.32 Å². The molecule has 2 aliphatic rings. The van der Waals surface area contributed by atoms with E-state index in [4.69, 9.17) is 0 Å². The first-order valence-electron chi connectivity index (χ1n) is 4.21. The van der Waals surface area contributed by atoms with Crippen molar-refractivity contribution in [1.29, 1.82) is 0 Å². The number of rotatable bonds is 2. The Balaban J connectivity index is 1.88. The van der Waals surface area contributed by atoms with E-state index in [2.05, 4.69) is 5.32 Å². The summed E-state index contributed by atoms with van der Waals surface area (Å²) < 4.78 is 22.0. The van der Waals surface area contributed by atoms with E-state index in [9.17, 15) is 8.42 Å². The summed E-state index contributed by atoms with van der Waals surface area (Å²) in [5, 5.41) is 2.25. The minimum Gasteiger partial charge on any atom is -0.341 e. The molecule has 11 heavy (non-hydrogen) atoms. The SMILES string of the molecule is O=S1(=O)CC[C@@H]([NH2+]C2CC2)C1. The molecule has 1 aliphatic carbocycles. The molecule has 1 aliphatic heterocycles. The van der Waals surface area contributed by atoms with Gasteiger partial charge in [0.2, 0.25) is 0 Å². The van der Waals surface area contributed by atoms with E-state index in [0.717, 1.165) is 12.5 Å². The second kappa shape index (κ2) is 2.45. The summed E-state index contributed by atoms with van der Waals surface area (Å²) in [5.74, 6) is 0.838. The van der Waals surface area contributed by atoms with Gasteiger partial charge in [-0.1, -0.05) is 0 Å². The first-order valence-corrected chi connectivity index (χ1v) is 6.03. The molecular weight excluding hydrogens is 162 g/mol. The molecular formula is C7H14NO2S+. The lowest BCUT2D eigenvalue weighted by molar-refractivity contribution is -0.697. The summed E-state index contributed by atoms with van der Waals surface area (Å²) in [6, 6.07) is 1.14. The summed E-state index contributed by atoms with van der Waals surface area (Å²) in [4.78, 5) is 0. The van der Waals surface area contributed by atoms with E-state index in [1.54, 1.807) is 0 Å². The summed E-state index contributed by atoms with van der Waals surface area (Å²) in [6.45, 7) is 0. The van der Waals surface area contributed by atoms with Crippen LogP contribution in [-0.4, -0.2) is 32.0 Å². The van der Waals surface area contributed by atoms with Gasteiger partial charge in [-0.05, 0) is 0 Å². The van der Waals surface area contributed by atoms with Gasteiger partial charge in [0.15, 0.2) is 9.84 Å². The molecule has 4 heteroatoms. The van der Waals surface area contributed by atoms with Crippen molar-refractivity contribution < 1.29 is 13.7 Å². The van der Waals surface area contributed by atoms with E-state index in [1.165, 1.54) is 12.8 Å². The number of sulfone groups is 1. The van der Waals surface area contributed by atoms with Gasteiger partial charge in [-0.15, -0.1) is 0 Å². The highest BCUT2D eigenvalue weighted by Gasteiger charge is 2.35. The van der Waals surface area contributed by atoms with Crippen LogP contribution in [0.5, 0.6) is 0 Å². The first-order chi connectivity index (χ1) is 5.16. The maximum atomic E-state index is 11.0. The van der Waals surface area contributed by atoms with E-state index in [1.807, 2.05) is 0 Å². The molecule has 2 rings (SSSR count). The highest BCUT2D eigenvalue weighted by atomic mass is 32.2. The van der Waals surface area contributed by atoms with Crippen molar-refractivity contribution >= 4 is 9.84 Å². The van der Waals surface area contributed by atoms with Gasteiger partial charge >= 0.3 is 0 Å². The topological polar surface area (TPSA) is 50.8 Å². The molecule has 0 radical (unpaired) electrons. The monoisotopic (exact) mass is 176 g/mol. The van der Waals surface area contributed by atoms with Gasteiger partial charge in [0.05, 0.1) is 11.8 Å². The number of hydrogen-bond acceptors (Lipinski definition) is 2. The highest BCUT2D eigenvalue weighted by molar-refractivity contribution is 7.91. The minimum absolute atomic E-state index is 0.382. The Labute approximate surface area is 67.1 Å². The van der Waals surface area contributed by atoms with Gasteiger partial charge in [0, 0.05) is 19.3 Å². The molecule has 3 nitrogen and oxygen atoms in total. The van der Waals surface area contributed by atoms with Gasteiger partial charge in [0.1, 0.15) is 11.8 Å². The van der Waals surface area contributed by atoms with E-state index in [-0.39, 0.29) is 0 Å². The Morgan fingerprint density at radius 1 is 1.09 bits per heavy atom. The van der Waals surface area contributed by atoms with Crippen LogP contribution in [0.1, 0.15) is 19.3 Å². The third-order valence-corrected chi connectivity index (χ3v) is 4.23. The molecule has 2 N–H and O–H groups in total. The molecule has 0 aromatic carbocycles. The molecule has 0 unspecified atom stereocenters. The maximum Gasteiger partial charge on any atom is 0.156 e. The van der Waals surface area contributed by atoms with Crippen LogP contribution in [0.25, 0.3) is 0 Å². The maximum absolute atomic E-state index is 11.0. The predicted octanol–water partition coefficient (Wildman–Crippen LogP) is -1.10. The average molecular weight is 176 g/mol. The van der Waals surface area contributed by atoms with Gasteiger partial charge in [-0.25, -0.2) is 8.42 Å². The number of hydrogen-bond donors (Lipinski definition) is 1. The van der Waals surface area contributed by atoms with E-state index >= 15 is 0 Å². The highest BCUT2D eigenvalue weighted by Crippen LogP contribution is 2.16. The molecule has 2 fully saturated rings. The zero-order chi connectivity index (χ0) is 7.90. The van der Waals surface area contributed by atoms with Crippen LogP contribution in [0.3, 0.4) is 0 Å². The molecule has 1 saturated carbocycles. The van der Waals surface area contributed by atoms with E-state index < -0.39 is 9.84 Å². The van der Waals surface area contributed by atoms with Crippen LogP contribution < -0.4 is 5.32 Å². The second-order valence-electron chi connectivity index (χ2n) is 3.69. The number of nitrogens with two attached hydrogens (primary N) is 1. The summed E-state index contributed by atoms with van der Waals surface area (Å²) in [5.41, 5.74) is 0. The van der Waals surface area contributed by atoms with Crippen molar-refractivity contribution in [2.75, 3.05) is 11.5 Å². The van der Waals surface area contributed by atoms with Gasteiger partial charge in [-0.3, -0.25) is 0 Å². The molecule has 0 amide bonds. The third-order valence-electron chi connectivity index (χ3n) is 2.43. The Morgan fingerprint density at radius 3 is 2.27 bits per heavy atom. The molecule has 0 bridgehead atoms. The Bertz CT molecular complexity index is 243. The van der Waals surface area contributed by atoms with Gasteiger partial charge in [0.25, 0.3) is 0 Å². The Morgan fingerprint density at radius 2 is 1.82 bits per heavy atom. The fourth-order valence-electron chi connectivity index (χ4n) is 1.65. The normalized spacial score (nSPS) is 35.8. The zero-order valence-electron chi connectivity index (χ0n) is 6.49. The second-order valence-corrected chi connectivity index (χ2v) is 5.92. The minimum atomic E-state index is -2.64. The van der Waals surface area contributed by atoms with Crippen molar-refractivity contribution in [3.63, 3.8) is 0 Å². The predicted molar refractivity (Wildman–Crippen MR) is 42.0 cm³/mol. The van der Waals surface area contributed by atoms with Crippen LogP contribution in [0, 0.1) is 0 Å². The molecule has 0 aromatic rings. The van der Waals surface area contributed by atoms with Crippen LogP contribution in [0.15, 0.2) is 0 Å². The third kappa shape index (κ3) is 1.93. The Hall–Kier alpha value is -0.0900. The lowest BCUT2D eigenvalue weighted by Crippen LogP contribution is -2.92. The van der Waals surface area contributed by atoms with Crippen LogP contribution in [-0.2, 0) is 9.84 Å². The molecule has 0 aromatic heterocycles. The van der Waals surface area contributed by atoms with Crippen molar-refractivity contribution in [2.24, 2.45) is 0 Å². The average Bonchev–Trinajstić information content (AvgIpc) is 2.61. The fourth-order valence-corrected chi connectivity index (χ4v) is 3.41. The molecule has 1 atom stereocenters. The van der Waals surface area contributed by atoms with Crippen molar-refractivity contribution in [1.82, 2.24) is 0 Å². The zero-order valence-corrected chi connectivity index (χ0v) is 7.31. The van der Waals surface area contributed by atoms with Crippen molar-refractivity contribution in [3.05, 3.63) is 0 Å². The molecule has 0 spiro atoms. The lowest BCUT2D eigenvalue weighted by Gasteiger charge is -2.04. The van der Waals surface area contributed by atoms with Gasteiger partial charge in [-0.2, -0.15) is 0 Å². The van der Waals surface area contributed by atoms with Crippen LogP contribution >= 0.6 is 0 Å². The Kier molecular flexibility index (Phi) is 1.68. The van der Waals surface area contributed by atoms with E-state index in [0.29, 0.717) is 17.5 Å². The smallest absolute Gasteiger partial charge is 0.156 e. The first kappa shape index (κ1) is 7.55. The van der Waals surface area contributed by atoms with Crippen LogP contribution in [0.4, 0.5) is 0 Å². The lowest BCUT2D eigenvalue weighted by atomic mass is 10.2. The summed E-state index contributed by atoms with van der Waals surface area (Å²) >= 11 is 0. The molecule has 64 valence electrons.